The van der Waals surface area contributed by atoms with Gasteiger partial charge in [-0.05, 0) is 42.5 Å². The molecule has 2 aromatic carbocycles. The SMILES string of the molecule is C[n+]1[c-]c(-c2cccc(Oc3ccc4c5ccccc5n(-c5ccccn5)c4n3)c2)n2ccccc21. The Morgan fingerprint density at radius 2 is 1.72 bits per heavy atom. The Hall–Kier alpha value is -4.97. The van der Waals surface area contributed by atoms with Gasteiger partial charge >= 0.3 is 0 Å². The topological polar surface area (TPSA) is 48.2 Å². The van der Waals surface area contributed by atoms with Crippen molar-refractivity contribution in [3.05, 3.63) is 116 Å². The zero-order valence-electron chi connectivity index (χ0n) is 19.5. The van der Waals surface area contributed by atoms with Crippen LogP contribution in [-0.4, -0.2) is 18.9 Å². The van der Waals surface area contributed by atoms with E-state index in [1.54, 1.807) is 6.20 Å². The number of pyridine rings is 3. The van der Waals surface area contributed by atoms with Crippen molar-refractivity contribution in [2.75, 3.05) is 0 Å². The molecular formula is C30H21N5O. The summed E-state index contributed by atoms with van der Waals surface area (Å²) in [4.78, 5) is 9.51. The van der Waals surface area contributed by atoms with E-state index in [9.17, 15) is 0 Å². The fourth-order valence-corrected chi connectivity index (χ4v) is 4.79. The monoisotopic (exact) mass is 467 g/mol. The Kier molecular flexibility index (Phi) is 4.57. The summed E-state index contributed by atoms with van der Waals surface area (Å²) in [5, 5.41) is 2.18. The van der Waals surface area contributed by atoms with Crippen LogP contribution < -0.4 is 9.30 Å². The average molecular weight is 468 g/mol. The van der Waals surface area contributed by atoms with Gasteiger partial charge in [0.1, 0.15) is 11.6 Å². The quantitative estimate of drug-likeness (QED) is 0.239. The van der Waals surface area contributed by atoms with Crippen molar-refractivity contribution < 1.29 is 9.30 Å². The molecule has 0 saturated heterocycles. The first-order valence-electron chi connectivity index (χ1n) is 11.7. The number of aryl methyl sites for hydroxylation is 1. The summed E-state index contributed by atoms with van der Waals surface area (Å²) < 4.78 is 12.5. The molecule has 0 radical (unpaired) electrons. The number of fused-ring (bicyclic) bond motifs is 4. The minimum atomic E-state index is 0.522. The summed E-state index contributed by atoms with van der Waals surface area (Å²) in [6.07, 6.45) is 7.26. The highest BCUT2D eigenvalue weighted by molar-refractivity contribution is 6.07. The second-order valence-corrected chi connectivity index (χ2v) is 8.64. The van der Waals surface area contributed by atoms with E-state index >= 15 is 0 Å². The van der Waals surface area contributed by atoms with Gasteiger partial charge in [0, 0.05) is 23.0 Å². The molecule has 0 bridgehead atoms. The van der Waals surface area contributed by atoms with Gasteiger partial charge in [-0.3, -0.25) is 8.97 Å². The third-order valence-electron chi connectivity index (χ3n) is 6.40. The lowest BCUT2D eigenvalue weighted by molar-refractivity contribution is -0.648. The Balaban J connectivity index is 1.33. The van der Waals surface area contributed by atoms with Crippen LogP contribution >= 0.6 is 0 Å². The number of benzene rings is 2. The summed E-state index contributed by atoms with van der Waals surface area (Å²) in [7, 11) is 2.00. The fraction of sp³-hybridized carbons (Fsp3) is 0.0333. The smallest absolute Gasteiger partial charge is 0.221 e. The minimum Gasteiger partial charge on any atom is -0.440 e. The van der Waals surface area contributed by atoms with Gasteiger partial charge in [0.15, 0.2) is 11.3 Å². The van der Waals surface area contributed by atoms with Crippen LogP contribution in [0.2, 0.25) is 0 Å². The van der Waals surface area contributed by atoms with Crippen LogP contribution in [0.15, 0.2) is 109 Å². The van der Waals surface area contributed by atoms with Crippen molar-refractivity contribution in [2.45, 2.75) is 0 Å². The van der Waals surface area contributed by atoms with E-state index < -0.39 is 0 Å². The van der Waals surface area contributed by atoms with Crippen molar-refractivity contribution >= 4 is 27.6 Å². The largest absolute Gasteiger partial charge is 0.440 e. The van der Waals surface area contributed by atoms with Gasteiger partial charge in [0.25, 0.3) is 0 Å². The molecule has 0 aliphatic carbocycles. The molecule has 0 amide bonds. The summed E-state index contributed by atoms with van der Waals surface area (Å²) in [6, 6.07) is 32.3. The van der Waals surface area contributed by atoms with Gasteiger partial charge in [-0.15, -0.1) is 6.07 Å². The highest BCUT2D eigenvalue weighted by Gasteiger charge is 2.15. The normalized spacial score (nSPS) is 11.5. The van der Waals surface area contributed by atoms with Crippen LogP contribution in [0, 0.1) is 6.20 Å². The first-order chi connectivity index (χ1) is 17.8. The molecule has 5 heterocycles. The lowest BCUT2D eigenvalue weighted by Crippen LogP contribution is -2.25. The summed E-state index contributed by atoms with van der Waals surface area (Å²) in [5.74, 6) is 2.05. The van der Waals surface area contributed by atoms with Crippen LogP contribution in [0.1, 0.15) is 0 Å². The van der Waals surface area contributed by atoms with Crippen molar-refractivity contribution in [2.24, 2.45) is 7.05 Å². The zero-order valence-corrected chi connectivity index (χ0v) is 19.5. The van der Waals surface area contributed by atoms with Crippen molar-refractivity contribution in [3.8, 4) is 28.7 Å². The number of para-hydroxylation sites is 1. The molecule has 0 aliphatic rings. The first kappa shape index (κ1) is 20.4. The van der Waals surface area contributed by atoms with Gasteiger partial charge in [-0.1, -0.05) is 48.0 Å². The summed E-state index contributed by atoms with van der Waals surface area (Å²) in [5.41, 5.74) is 4.91. The van der Waals surface area contributed by atoms with Gasteiger partial charge in [0.05, 0.1) is 30.7 Å². The number of rotatable bonds is 4. The molecule has 0 atom stereocenters. The Bertz CT molecular complexity index is 1880. The zero-order chi connectivity index (χ0) is 24.1. The second kappa shape index (κ2) is 8.06. The predicted molar refractivity (Wildman–Crippen MR) is 139 cm³/mol. The minimum absolute atomic E-state index is 0.522. The van der Waals surface area contributed by atoms with Crippen molar-refractivity contribution in [1.29, 1.82) is 0 Å². The Labute approximate surface area is 207 Å². The first-order valence-corrected chi connectivity index (χ1v) is 11.7. The van der Waals surface area contributed by atoms with E-state index in [0.29, 0.717) is 11.6 Å². The van der Waals surface area contributed by atoms with Crippen molar-refractivity contribution in [3.63, 3.8) is 0 Å². The molecular weight excluding hydrogens is 446 g/mol. The van der Waals surface area contributed by atoms with E-state index in [1.807, 2.05) is 84.5 Å². The third kappa shape index (κ3) is 3.23. The van der Waals surface area contributed by atoms with E-state index in [2.05, 4.69) is 50.5 Å². The number of imidazole rings is 1. The van der Waals surface area contributed by atoms with Crippen LogP contribution in [0.3, 0.4) is 0 Å². The molecule has 0 N–H and O–H groups in total. The van der Waals surface area contributed by atoms with Crippen LogP contribution in [0.4, 0.5) is 0 Å². The maximum absolute atomic E-state index is 6.28. The molecule has 7 aromatic rings. The molecule has 0 fully saturated rings. The van der Waals surface area contributed by atoms with Gasteiger partial charge < -0.3 is 9.30 Å². The van der Waals surface area contributed by atoms with Gasteiger partial charge in [0.2, 0.25) is 5.88 Å². The molecule has 5 aromatic heterocycles. The van der Waals surface area contributed by atoms with E-state index in [-0.39, 0.29) is 0 Å². The second-order valence-electron chi connectivity index (χ2n) is 8.64. The average Bonchev–Trinajstić information content (AvgIpc) is 3.44. The van der Waals surface area contributed by atoms with Crippen LogP contribution in [-0.2, 0) is 7.05 Å². The number of hydrogen-bond donors (Lipinski definition) is 0. The van der Waals surface area contributed by atoms with E-state index in [0.717, 1.165) is 44.7 Å². The van der Waals surface area contributed by atoms with E-state index in [1.165, 1.54) is 0 Å². The molecule has 0 spiro atoms. The molecule has 7 rings (SSSR count). The Morgan fingerprint density at radius 1 is 0.833 bits per heavy atom. The molecule has 0 saturated carbocycles. The molecule has 0 aliphatic heterocycles. The molecule has 172 valence electrons. The molecule has 36 heavy (non-hydrogen) atoms. The van der Waals surface area contributed by atoms with E-state index in [4.69, 9.17) is 9.72 Å². The van der Waals surface area contributed by atoms with Gasteiger partial charge in [-0.2, -0.15) is 4.98 Å². The molecule has 0 unspecified atom stereocenters. The van der Waals surface area contributed by atoms with Crippen molar-refractivity contribution in [1.82, 2.24) is 18.9 Å². The third-order valence-corrected chi connectivity index (χ3v) is 6.40. The van der Waals surface area contributed by atoms with Crippen LogP contribution in [0.5, 0.6) is 11.6 Å². The highest BCUT2D eigenvalue weighted by Crippen LogP contribution is 2.33. The maximum atomic E-state index is 6.28. The molecule has 6 nitrogen and oxygen atoms in total. The Morgan fingerprint density at radius 3 is 2.64 bits per heavy atom. The number of nitrogens with zero attached hydrogens (tertiary/aromatic N) is 5. The number of ether oxygens (including phenoxy) is 1. The number of aromatic nitrogens is 5. The van der Waals surface area contributed by atoms with Gasteiger partial charge in [-0.25, -0.2) is 4.98 Å². The standard InChI is InChI=1S/C30H21N5O/c1-33-20-26(34-18-7-5-14-29(33)34)21-9-8-10-22(19-21)36-28-16-15-24-23-11-2-3-12-25(23)35(30(24)32-28)27-13-4-6-17-31-27/h2-19H,1H3. The summed E-state index contributed by atoms with van der Waals surface area (Å²) in [6.45, 7) is 0. The fourth-order valence-electron chi connectivity index (χ4n) is 4.79. The lowest BCUT2D eigenvalue weighted by atomic mass is 10.1. The summed E-state index contributed by atoms with van der Waals surface area (Å²) >= 11 is 0. The maximum Gasteiger partial charge on any atom is 0.221 e. The van der Waals surface area contributed by atoms with Crippen LogP contribution in [0.25, 0.3) is 44.7 Å². The predicted octanol–water partition coefficient (Wildman–Crippen LogP) is 5.91. The highest BCUT2D eigenvalue weighted by atomic mass is 16.5. The number of hydrogen-bond acceptors (Lipinski definition) is 3. The lowest BCUT2D eigenvalue weighted by Gasteiger charge is -2.10. The molecule has 6 heteroatoms.